The molecule has 2 rings (SSSR count). The molecule has 16 heavy (non-hydrogen) atoms. The first-order valence-electron chi connectivity index (χ1n) is 5.94. The highest BCUT2D eigenvalue weighted by Crippen LogP contribution is 2.28. The smallest absolute Gasteiger partial charge is 0.140 e. The van der Waals surface area contributed by atoms with Gasteiger partial charge in [0.1, 0.15) is 11.8 Å². The lowest BCUT2D eigenvalue weighted by Crippen LogP contribution is -2.21. The lowest BCUT2D eigenvalue weighted by Gasteiger charge is -2.25. The minimum absolute atomic E-state index is 0.498. The van der Waals surface area contributed by atoms with Crippen molar-refractivity contribution in [3.05, 3.63) is 29.6 Å². The summed E-state index contributed by atoms with van der Waals surface area (Å²) in [6.07, 6.45) is 7.23. The van der Waals surface area contributed by atoms with Gasteiger partial charge >= 0.3 is 0 Å². The first kappa shape index (κ1) is 11.1. The average molecular weight is 215 g/mol. The Bertz CT molecular complexity index is 377. The van der Waals surface area contributed by atoms with Crippen LogP contribution in [0.5, 0.6) is 0 Å². The maximum Gasteiger partial charge on any atom is 0.140 e. The van der Waals surface area contributed by atoms with Crippen LogP contribution in [0.3, 0.4) is 0 Å². The van der Waals surface area contributed by atoms with Crippen LogP contribution in [0.15, 0.2) is 18.3 Å². The zero-order valence-electron chi connectivity index (χ0n) is 9.45. The largest absolute Gasteiger partial charge is 0.313 e. The minimum atomic E-state index is 0.498. The quantitative estimate of drug-likeness (QED) is 0.766. The minimum Gasteiger partial charge on any atom is -0.313 e. The molecule has 0 saturated heterocycles. The van der Waals surface area contributed by atoms with Gasteiger partial charge in [0, 0.05) is 12.7 Å². The third-order valence-corrected chi connectivity index (χ3v) is 3.22. The molecule has 0 amide bonds. The number of nitrogens with one attached hydrogen (secondary N) is 1. The summed E-state index contributed by atoms with van der Waals surface area (Å²) >= 11 is 0. The summed E-state index contributed by atoms with van der Waals surface area (Å²) < 4.78 is 0. The maximum absolute atomic E-state index is 8.71. The highest BCUT2D eigenvalue weighted by molar-refractivity contribution is 5.25. The third-order valence-electron chi connectivity index (χ3n) is 3.22. The van der Waals surface area contributed by atoms with E-state index < -0.39 is 0 Å². The van der Waals surface area contributed by atoms with Crippen LogP contribution in [0.2, 0.25) is 0 Å². The van der Waals surface area contributed by atoms with Crippen molar-refractivity contribution in [3.63, 3.8) is 0 Å². The van der Waals surface area contributed by atoms with Gasteiger partial charge < -0.3 is 5.32 Å². The predicted molar refractivity (Wildman–Crippen MR) is 62.6 cm³/mol. The van der Waals surface area contributed by atoms with E-state index in [9.17, 15) is 0 Å². The molecule has 0 radical (unpaired) electrons. The van der Waals surface area contributed by atoms with E-state index in [1.165, 1.54) is 25.7 Å². The van der Waals surface area contributed by atoms with Gasteiger partial charge in [-0.2, -0.15) is 5.26 Å². The van der Waals surface area contributed by atoms with Gasteiger partial charge in [0.15, 0.2) is 0 Å². The van der Waals surface area contributed by atoms with E-state index >= 15 is 0 Å². The maximum atomic E-state index is 8.71. The zero-order chi connectivity index (χ0) is 11.2. The Labute approximate surface area is 96.5 Å². The van der Waals surface area contributed by atoms with E-state index in [1.54, 1.807) is 6.20 Å². The number of nitriles is 1. The lowest BCUT2D eigenvalue weighted by molar-refractivity contribution is 0.292. The molecule has 0 spiro atoms. The highest BCUT2D eigenvalue weighted by Gasteiger charge is 2.15. The molecular formula is C13H17N3. The van der Waals surface area contributed by atoms with Crippen LogP contribution in [0.1, 0.15) is 36.9 Å². The molecule has 1 aliphatic rings. The van der Waals surface area contributed by atoms with Crippen molar-refractivity contribution >= 4 is 0 Å². The van der Waals surface area contributed by atoms with E-state index in [1.807, 2.05) is 12.1 Å². The molecule has 1 aromatic rings. The number of hydrogen-bond acceptors (Lipinski definition) is 3. The van der Waals surface area contributed by atoms with Gasteiger partial charge in [0.25, 0.3) is 0 Å². The van der Waals surface area contributed by atoms with Crippen LogP contribution in [0, 0.1) is 17.2 Å². The summed E-state index contributed by atoms with van der Waals surface area (Å²) in [6, 6.07) is 5.85. The second-order valence-corrected chi connectivity index (χ2v) is 4.42. The normalized spacial score (nSPS) is 15.4. The summed E-state index contributed by atoms with van der Waals surface area (Å²) in [4.78, 5) is 3.95. The third kappa shape index (κ3) is 3.04. The van der Waals surface area contributed by atoms with Crippen LogP contribution in [0.4, 0.5) is 0 Å². The summed E-state index contributed by atoms with van der Waals surface area (Å²) in [5.74, 6) is 0.958. The second-order valence-electron chi connectivity index (χ2n) is 4.42. The van der Waals surface area contributed by atoms with Crippen molar-refractivity contribution in [3.8, 4) is 6.07 Å². The molecule has 1 fully saturated rings. The fourth-order valence-electron chi connectivity index (χ4n) is 1.97. The van der Waals surface area contributed by atoms with Crippen molar-refractivity contribution in [2.75, 3.05) is 6.54 Å². The summed E-state index contributed by atoms with van der Waals surface area (Å²) in [5, 5.41) is 12.1. The van der Waals surface area contributed by atoms with Gasteiger partial charge in [-0.3, -0.25) is 0 Å². The Morgan fingerprint density at radius 2 is 2.38 bits per heavy atom. The molecule has 3 nitrogen and oxygen atoms in total. The van der Waals surface area contributed by atoms with Crippen molar-refractivity contribution in [1.82, 2.24) is 10.3 Å². The molecule has 0 aliphatic heterocycles. The molecule has 0 bridgehead atoms. The van der Waals surface area contributed by atoms with E-state index in [0.29, 0.717) is 5.69 Å². The molecule has 1 N–H and O–H groups in total. The zero-order valence-corrected chi connectivity index (χ0v) is 9.45. The molecule has 1 saturated carbocycles. The number of rotatable bonds is 5. The van der Waals surface area contributed by atoms with E-state index in [4.69, 9.17) is 5.26 Å². The Hall–Kier alpha value is -1.40. The van der Waals surface area contributed by atoms with Gasteiger partial charge in [-0.15, -0.1) is 0 Å². The molecule has 3 heteroatoms. The van der Waals surface area contributed by atoms with Crippen LogP contribution >= 0.6 is 0 Å². The summed E-state index contributed by atoms with van der Waals surface area (Å²) in [7, 11) is 0. The molecule has 0 atom stereocenters. The van der Waals surface area contributed by atoms with Gasteiger partial charge in [0.2, 0.25) is 0 Å². The Morgan fingerprint density at radius 1 is 1.50 bits per heavy atom. The van der Waals surface area contributed by atoms with E-state index in [0.717, 1.165) is 24.6 Å². The fourth-order valence-corrected chi connectivity index (χ4v) is 1.97. The summed E-state index contributed by atoms with van der Waals surface area (Å²) in [5.41, 5.74) is 1.64. The van der Waals surface area contributed by atoms with Crippen molar-refractivity contribution in [2.24, 2.45) is 5.92 Å². The molecule has 1 aliphatic carbocycles. The van der Waals surface area contributed by atoms with Gasteiger partial charge in [0.05, 0.1) is 0 Å². The predicted octanol–water partition coefficient (Wildman–Crippen LogP) is 2.23. The Kier molecular flexibility index (Phi) is 3.90. The standard InChI is InChI=1S/C13H17N3/c14-9-13-8-12(5-7-16-13)10-15-6-4-11-2-1-3-11/h5,7-8,11,15H,1-4,6,10H2. The van der Waals surface area contributed by atoms with Crippen LogP contribution in [0.25, 0.3) is 0 Å². The first-order chi connectivity index (χ1) is 7.88. The van der Waals surface area contributed by atoms with E-state index in [2.05, 4.69) is 16.4 Å². The molecule has 1 heterocycles. The molecule has 1 aromatic heterocycles. The SMILES string of the molecule is N#Cc1cc(CNCCC2CCC2)ccn1. The van der Waals surface area contributed by atoms with Gasteiger partial charge in [-0.25, -0.2) is 4.98 Å². The topological polar surface area (TPSA) is 48.7 Å². The number of aromatic nitrogens is 1. The number of nitrogens with zero attached hydrogens (tertiary/aromatic N) is 2. The highest BCUT2D eigenvalue weighted by atomic mass is 14.8. The summed E-state index contributed by atoms with van der Waals surface area (Å²) in [6.45, 7) is 1.92. The lowest BCUT2D eigenvalue weighted by atomic mass is 9.83. The van der Waals surface area contributed by atoms with Gasteiger partial charge in [-0.1, -0.05) is 19.3 Å². The van der Waals surface area contributed by atoms with Crippen LogP contribution in [-0.2, 0) is 6.54 Å². The Balaban J connectivity index is 1.70. The first-order valence-corrected chi connectivity index (χ1v) is 5.94. The molecule has 0 unspecified atom stereocenters. The van der Waals surface area contributed by atoms with Crippen molar-refractivity contribution in [1.29, 1.82) is 5.26 Å². The average Bonchev–Trinajstić information content (AvgIpc) is 2.27. The number of pyridine rings is 1. The molecular weight excluding hydrogens is 198 g/mol. The van der Waals surface area contributed by atoms with Crippen LogP contribution < -0.4 is 5.32 Å². The van der Waals surface area contributed by atoms with Gasteiger partial charge in [-0.05, 0) is 36.6 Å². The Morgan fingerprint density at radius 3 is 3.06 bits per heavy atom. The second kappa shape index (κ2) is 5.62. The number of hydrogen-bond donors (Lipinski definition) is 1. The van der Waals surface area contributed by atoms with Crippen molar-refractivity contribution < 1.29 is 0 Å². The molecule has 84 valence electrons. The molecule has 0 aromatic carbocycles. The van der Waals surface area contributed by atoms with Crippen LogP contribution in [-0.4, -0.2) is 11.5 Å². The van der Waals surface area contributed by atoms with E-state index in [-0.39, 0.29) is 0 Å². The fraction of sp³-hybridized carbons (Fsp3) is 0.538. The monoisotopic (exact) mass is 215 g/mol. The van der Waals surface area contributed by atoms with Crippen molar-refractivity contribution in [2.45, 2.75) is 32.2 Å².